The van der Waals surface area contributed by atoms with Gasteiger partial charge < -0.3 is 10.2 Å². The molecule has 0 bridgehead atoms. The third-order valence-electron chi connectivity index (χ3n) is 2.95. The molecule has 0 spiro atoms. The normalized spacial score (nSPS) is 11.2. The molecule has 1 aromatic heterocycles. The maximum Gasteiger partial charge on any atom is 0.280 e. The number of benzene rings is 1. The summed E-state index contributed by atoms with van der Waals surface area (Å²) in [6, 6.07) is 6.74. The fourth-order valence-electron chi connectivity index (χ4n) is 1.82. The van der Waals surface area contributed by atoms with Crippen LogP contribution in [0.1, 0.15) is 12.1 Å². The fraction of sp³-hybridized carbons (Fsp3) is 0.333. The van der Waals surface area contributed by atoms with E-state index < -0.39 is 12.2 Å². The van der Waals surface area contributed by atoms with Crippen LogP contribution in [0.25, 0.3) is 11.3 Å². The van der Waals surface area contributed by atoms with Crippen molar-refractivity contribution in [2.24, 2.45) is 0 Å². The minimum atomic E-state index is -2.70. The van der Waals surface area contributed by atoms with Gasteiger partial charge in [-0.15, -0.1) is 0 Å². The zero-order chi connectivity index (χ0) is 16.1. The molecule has 0 amide bonds. The van der Waals surface area contributed by atoms with Gasteiger partial charge in [0.05, 0.1) is 5.69 Å². The average Bonchev–Trinajstić information content (AvgIpc) is 2.47. The Bertz CT molecular complexity index is 615. The van der Waals surface area contributed by atoms with Crippen molar-refractivity contribution < 1.29 is 13.2 Å². The molecule has 0 aliphatic carbocycles. The smallest absolute Gasteiger partial charge is 0.280 e. The van der Waals surface area contributed by atoms with Gasteiger partial charge in [0, 0.05) is 18.7 Å². The van der Waals surface area contributed by atoms with E-state index in [-0.39, 0.29) is 11.6 Å². The molecule has 2 rings (SSSR count). The summed E-state index contributed by atoms with van der Waals surface area (Å²) in [4.78, 5) is 9.97. The van der Waals surface area contributed by atoms with E-state index in [1.54, 1.807) is 0 Å². The van der Waals surface area contributed by atoms with Crippen molar-refractivity contribution in [1.29, 1.82) is 0 Å². The minimum absolute atomic E-state index is 0.138. The Kier molecular flexibility index (Phi) is 5.32. The number of alkyl halides is 2. The summed E-state index contributed by atoms with van der Waals surface area (Å²) in [6.07, 6.45) is -2.70. The Balaban J connectivity index is 2.28. The van der Waals surface area contributed by atoms with Crippen LogP contribution in [0.15, 0.2) is 30.3 Å². The van der Waals surface area contributed by atoms with Crippen LogP contribution in [-0.2, 0) is 0 Å². The molecule has 0 atom stereocenters. The van der Waals surface area contributed by atoms with E-state index in [2.05, 4.69) is 15.3 Å². The van der Waals surface area contributed by atoms with Gasteiger partial charge in [0.25, 0.3) is 6.43 Å². The first-order chi connectivity index (χ1) is 10.5. The van der Waals surface area contributed by atoms with Gasteiger partial charge in [0.15, 0.2) is 0 Å². The van der Waals surface area contributed by atoms with E-state index in [1.807, 2.05) is 19.0 Å². The molecule has 4 nitrogen and oxygen atoms in total. The molecule has 7 heteroatoms. The van der Waals surface area contributed by atoms with E-state index in [0.717, 1.165) is 0 Å². The largest absolute Gasteiger partial charge is 0.353 e. The van der Waals surface area contributed by atoms with E-state index in [9.17, 15) is 13.2 Å². The standard InChI is InChI=1S/C15H17F3N4/c1-22(2)8-7-19-15-20-12(9-13(21-15)14(17)18)10-3-5-11(16)6-4-10/h3-6,9,14H,7-8H2,1-2H3,(H,19,20,21). The van der Waals surface area contributed by atoms with Gasteiger partial charge in [0.2, 0.25) is 5.95 Å². The zero-order valence-corrected chi connectivity index (χ0v) is 12.4. The highest BCUT2D eigenvalue weighted by molar-refractivity contribution is 5.60. The Labute approximate surface area is 127 Å². The molecule has 0 saturated heterocycles. The van der Waals surface area contributed by atoms with Crippen LogP contribution >= 0.6 is 0 Å². The SMILES string of the molecule is CN(C)CCNc1nc(-c2ccc(F)cc2)cc(C(F)F)n1. The highest BCUT2D eigenvalue weighted by Crippen LogP contribution is 2.24. The lowest BCUT2D eigenvalue weighted by Gasteiger charge is -2.12. The summed E-state index contributed by atoms with van der Waals surface area (Å²) in [5.74, 6) is -0.254. The second-order valence-corrected chi connectivity index (χ2v) is 5.04. The summed E-state index contributed by atoms with van der Waals surface area (Å²) in [6.45, 7) is 1.25. The van der Waals surface area contributed by atoms with Crippen LogP contribution in [0, 0.1) is 5.82 Å². The predicted octanol–water partition coefficient (Wildman–Crippen LogP) is 3.19. The number of hydrogen-bond donors (Lipinski definition) is 1. The van der Waals surface area contributed by atoms with Crippen molar-refractivity contribution in [2.45, 2.75) is 6.43 Å². The zero-order valence-electron chi connectivity index (χ0n) is 12.4. The van der Waals surface area contributed by atoms with Crippen molar-refractivity contribution in [3.05, 3.63) is 41.8 Å². The van der Waals surface area contributed by atoms with E-state index in [1.165, 1.54) is 30.3 Å². The molecule has 1 heterocycles. The van der Waals surface area contributed by atoms with E-state index in [0.29, 0.717) is 24.3 Å². The molecule has 1 aromatic carbocycles. The first-order valence-corrected chi connectivity index (χ1v) is 6.77. The predicted molar refractivity (Wildman–Crippen MR) is 79.4 cm³/mol. The third kappa shape index (κ3) is 4.42. The summed E-state index contributed by atoms with van der Waals surface area (Å²) in [5, 5.41) is 2.92. The second kappa shape index (κ2) is 7.22. The third-order valence-corrected chi connectivity index (χ3v) is 2.95. The Morgan fingerprint density at radius 1 is 1.14 bits per heavy atom. The highest BCUT2D eigenvalue weighted by atomic mass is 19.3. The molecule has 0 saturated carbocycles. The molecule has 0 radical (unpaired) electrons. The van der Waals surface area contributed by atoms with Crippen LogP contribution in [-0.4, -0.2) is 42.1 Å². The summed E-state index contributed by atoms with van der Waals surface area (Å²) < 4.78 is 38.9. The summed E-state index contributed by atoms with van der Waals surface area (Å²) in [5.41, 5.74) is 0.528. The summed E-state index contributed by atoms with van der Waals surface area (Å²) >= 11 is 0. The average molecular weight is 310 g/mol. The van der Waals surface area contributed by atoms with Crippen molar-refractivity contribution in [3.63, 3.8) is 0 Å². The van der Waals surface area contributed by atoms with Gasteiger partial charge in [-0.1, -0.05) is 0 Å². The van der Waals surface area contributed by atoms with E-state index in [4.69, 9.17) is 0 Å². The fourth-order valence-corrected chi connectivity index (χ4v) is 1.82. The molecular formula is C15H17F3N4. The van der Waals surface area contributed by atoms with Crippen LogP contribution in [0.3, 0.4) is 0 Å². The number of anilines is 1. The van der Waals surface area contributed by atoms with Gasteiger partial charge in [-0.25, -0.2) is 23.1 Å². The van der Waals surface area contributed by atoms with Crippen molar-refractivity contribution >= 4 is 5.95 Å². The molecule has 2 aromatic rings. The lowest BCUT2D eigenvalue weighted by molar-refractivity contribution is 0.146. The van der Waals surface area contributed by atoms with Gasteiger partial charge in [-0.05, 0) is 44.4 Å². The van der Waals surface area contributed by atoms with Crippen LogP contribution in [0.5, 0.6) is 0 Å². The molecular weight excluding hydrogens is 293 g/mol. The topological polar surface area (TPSA) is 41.0 Å². The monoisotopic (exact) mass is 310 g/mol. The molecule has 1 N–H and O–H groups in total. The van der Waals surface area contributed by atoms with Gasteiger partial charge in [0.1, 0.15) is 11.5 Å². The first-order valence-electron chi connectivity index (χ1n) is 6.77. The van der Waals surface area contributed by atoms with Crippen molar-refractivity contribution in [1.82, 2.24) is 14.9 Å². The van der Waals surface area contributed by atoms with Crippen molar-refractivity contribution in [2.75, 3.05) is 32.5 Å². The maximum atomic E-state index is 13.0. The first kappa shape index (κ1) is 16.2. The minimum Gasteiger partial charge on any atom is -0.353 e. The van der Waals surface area contributed by atoms with Crippen LogP contribution in [0.4, 0.5) is 19.1 Å². The lowest BCUT2D eigenvalue weighted by Crippen LogP contribution is -2.21. The quantitative estimate of drug-likeness (QED) is 0.889. The van der Waals surface area contributed by atoms with Gasteiger partial charge in [-0.2, -0.15) is 0 Å². The Morgan fingerprint density at radius 2 is 1.82 bits per heavy atom. The highest BCUT2D eigenvalue weighted by Gasteiger charge is 2.14. The number of rotatable bonds is 6. The number of nitrogens with one attached hydrogen (secondary N) is 1. The molecule has 22 heavy (non-hydrogen) atoms. The Morgan fingerprint density at radius 3 is 2.41 bits per heavy atom. The molecule has 0 aliphatic rings. The van der Waals surface area contributed by atoms with Gasteiger partial charge >= 0.3 is 0 Å². The molecule has 0 aliphatic heterocycles. The number of aromatic nitrogens is 2. The van der Waals surface area contributed by atoms with E-state index >= 15 is 0 Å². The maximum absolute atomic E-state index is 13.0. The molecule has 118 valence electrons. The summed E-state index contributed by atoms with van der Waals surface area (Å²) in [7, 11) is 3.81. The van der Waals surface area contributed by atoms with Crippen LogP contribution in [0.2, 0.25) is 0 Å². The molecule has 0 unspecified atom stereocenters. The Hall–Kier alpha value is -2.15. The van der Waals surface area contributed by atoms with Crippen molar-refractivity contribution in [3.8, 4) is 11.3 Å². The lowest BCUT2D eigenvalue weighted by atomic mass is 10.1. The van der Waals surface area contributed by atoms with Crippen LogP contribution < -0.4 is 5.32 Å². The number of nitrogens with zero attached hydrogens (tertiary/aromatic N) is 3. The second-order valence-electron chi connectivity index (χ2n) is 5.04. The van der Waals surface area contributed by atoms with Gasteiger partial charge in [-0.3, -0.25) is 0 Å². The number of hydrogen-bond acceptors (Lipinski definition) is 4. The molecule has 0 fully saturated rings. The number of halogens is 3. The number of likely N-dealkylation sites (N-methyl/N-ethyl adjacent to an activating group) is 1.